The van der Waals surface area contributed by atoms with Crippen molar-refractivity contribution in [3.05, 3.63) is 35.5 Å². The number of carbonyl (C=O) groups excluding carboxylic acids is 1. The molecule has 0 unspecified atom stereocenters. The Morgan fingerprint density at radius 3 is 2.72 bits per heavy atom. The Morgan fingerprint density at radius 1 is 1.32 bits per heavy atom. The van der Waals surface area contributed by atoms with Crippen LogP contribution in [0.1, 0.15) is 55.5 Å². The van der Waals surface area contributed by atoms with E-state index in [-0.39, 0.29) is 18.1 Å². The largest absolute Gasteiger partial charge is 0.388 e. The summed E-state index contributed by atoms with van der Waals surface area (Å²) in [6, 6.07) is 6.18. The van der Waals surface area contributed by atoms with E-state index in [0.717, 1.165) is 42.1 Å². The summed E-state index contributed by atoms with van der Waals surface area (Å²) < 4.78 is 5.78. The van der Waals surface area contributed by atoms with E-state index >= 15 is 0 Å². The van der Waals surface area contributed by atoms with Crippen molar-refractivity contribution in [2.75, 3.05) is 6.61 Å². The Hall–Kier alpha value is -1.85. The third-order valence-corrected chi connectivity index (χ3v) is 4.73. The quantitative estimate of drug-likeness (QED) is 0.779. The van der Waals surface area contributed by atoms with Gasteiger partial charge in [0.05, 0.1) is 29.4 Å². The van der Waals surface area contributed by atoms with Gasteiger partial charge < -0.3 is 20.1 Å². The normalized spacial score (nSPS) is 21.4. The summed E-state index contributed by atoms with van der Waals surface area (Å²) in [4.78, 5) is 15.9. The first kappa shape index (κ1) is 18.0. The maximum absolute atomic E-state index is 12.7. The molecule has 0 saturated heterocycles. The van der Waals surface area contributed by atoms with Gasteiger partial charge in [-0.1, -0.05) is 0 Å². The predicted molar refractivity (Wildman–Crippen MR) is 98.8 cm³/mol. The summed E-state index contributed by atoms with van der Waals surface area (Å²) in [6.07, 6.45) is 5.67. The highest BCUT2D eigenvalue weighted by atomic mass is 16.5. The van der Waals surface area contributed by atoms with E-state index in [4.69, 9.17) is 4.74 Å². The lowest BCUT2D eigenvalue weighted by atomic mass is 9.92. The molecule has 1 heterocycles. The Morgan fingerprint density at radius 2 is 2.04 bits per heavy atom. The van der Waals surface area contributed by atoms with Gasteiger partial charge in [-0.05, 0) is 70.2 Å². The second-order valence-electron chi connectivity index (χ2n) is 7.82. The van der Waals surface area contributed by atoms with Crippen molar-refractivity contribution in [3.63, 3.8) is 0 Å². The van der Waals surface area contributed by atoms with Crippen molar-refractivity contribution in [2.45, 2.75) is 64.2 Å². The molecule has 0 aliphatic heterocycles. The molecule has 2 aromatic rings. The molecule has 1 fully saturated rings. The third-order valence-electron chi connectivity index (χ3n) is 4.73. The molecule has 3 N–H and O–H groups in total. The molecule has 5 heteroatoms. The topological polar surface area (TPSA) is 74.3 Å². The van der Waals surface area contributed by atoms with E-state index in [2.05, 4.69) is 16.4 Å². The first-order valence-corrected chi connectivity index (χ1v) is 9.04. The van der Waals surface area contributed by atoms with Gasteiger partial charge in [-0.15, -0.1) is 0 Å². The zero-order valence-electron chi connectivity index (χ0n) is 15.3. The number of nitrogens with one attached hydrogen (secondary N) is 2. The molecule has 0 spiro atoms. The van der Waals surface area contributed by atoms with Gasteiger partial charge in [0, 0.05) is 17.6 Å². The molecular weight excluding hydrogens is 316 g/mol. The maximum Gasteiger partial charge on any atom is 0.253 e. The molecule has 5 nitrogen and oxygen atoms in total. The van der Waals surface area contributed by atoms with Crippen molar-refractivity contribution in [2.24, 2.45) is 0 Å². The van der Waals surface area contributed by atoms with Gasteiger partial charge in [0.1, 0.15) is 0 Å². The molecule has 25 heavy (non-hydrogen) atoms. The van der Waals surface area contributed by atoms with Gasteiger partial charge in [-0.25, -0.2) is 0 Å². The summed E-state index contributed by atoms with van der Waals surface area (Å²) >= 11 is 0. The van der Waals surface area contributed by atoms with Crippen LogP contribution in [0.3, 0.4) is 0 Å². The van der Waals surface area contributed by atoms with Crippen molar-refractivity contribution in [3.8, 4) is 0 Å². The molecule has 0 bridgehead atoms. The van der Waals surface area contributed by atoms with Gasteiger partial charge in [-0.3, -0.25) is 4.79 Å². The molecule has 136 valence electrons. The molecule has 3 rings (SSSR count). The number of aliphatic hydroxyl groups is 1. The Bertz CT molecular complexity index is 737. The Kier molecular flexibility index (Phi) is 5.16. The first-order valence-electron chi connectivity index (χ1n) is 9.04. The predicted octanol–water partition coefficient (Wildman–Crippen LogP) is 3.30. The van der Waals surface area contributed by atoms with Crippen LogP contribution in [0.2, 0.25) is 0 Å². The first-order chi connectivity index (χ1) is 11.8. The minimum absolute atomic E-state index is 0.0167. The smallest absolute Gasteiger partial charge is 0.253 e. The summed E-state index contributed by atoms with van der Waals surface area (Å²) in [7, 11) is 0. The number of rotatable bonds is 5. The number of carbonyl (C=O) groups is 1. The second kappa shape index (κ2) is 7.18. The van der Waals surface area contributed by atoms with Crippen molar-refractivity contribution >= 4 is 16.8 Å². The van der Waals surface area contributed by atoms with Crippen LogP contribution in [0.25, 0.3) is 10.9 Å². The zero-order chi connectivity index (χ0) is 18.0. The van der Waals surface area contributed by atoms with Crippen LogP contribution in [-0.2, 0) is 4.74 Å². The average Bonchev–Trinajstić information content (AvgIpc) is 3.00. The number of aryl methyl sites for hydroxylation is 1. The number of hydrogen-bond donors (Lipinski definition) is 3. The number of fused-ring (bicyclic) bond motifs is 1. The summed E-state index contributed by atoms with van der Waals surface area (Å²) in [5, 5.41) is 14.0. The highest BCUT2D eigenvalue weighted by molar-refractivity contribution is 6.06. The van der Waals surface area contributed by atoms with Gasteiger partial charge in [0.25, 0.3) is 5.91 Å². The number of hydrogen-bond acceptors (Lipinski definition) is 3. The van der Waals surface area contributed by atoms with Crippen LogP contribution in [0.15, 0.2) is 24.4 Å². The van der Waals surface area contributed by atoms with Crippen LogP contribution >= 0.6 is 0 Å². The lowest BCUT2D eigenvalue weighted by Crippen LogP contribution is -2.40. The van der Waals surface area contributed by atoms with E-state index in [1.54, 1.807) is 13.8 Å². The van der Waals surface area contributed by atoms with Crippen LogP contribution in [0, 0.1) is 6.92 Å². The van der Waals surface area contributed by atoms with E-state index in [1.165, 1.54) is 0 Å². The van der Waals surface area contributed by atoms with Crippen LogP contribution in [0.4, 0.5) is 0 Å². The third kappa shape index (κ3) is 4.61. The molecule has 0 atom stereocenters. The van der Waals surface area contributed by atoms with Gasteiger partial charge >= 0.3 is 0 Å². The highest BCUT2D eigenvalue weighted by Crippen LogP contribution is 2.24. The minimum atomic E-state index is -0.794. The number of aromatic amines is 1. The maximum atomic E-state index is 12.7. The van der Waals surface area contributed by atoms with Crippen LogP contribution in [0.5, 0.6) is 0 Å². The molecule has 1 aliphatic rings. The van der Waals surface area contributed by atoms with Crippen LogP contribution in [-0.4, -0.2) is 40.4 Å². The van der Waals surface area contributed by atoms with Gasteiger partial charge in [0.2, 0.25) is 0 Å². The molecule has 1 aliphatic carbocycles. The van der Waals surface area contributed by atoms with Crippen LogP contribution < -0.4 is 5.32 Å². The highest BCUT2D eigenvalue weighted by Gasteiger charge is 2.25. The molecular formula is C20H28N2O3. The fourth-order valence-electron chi connectivity index (χ4n) is 3.46. The average molecular weight is 344 g/mol. The number of H-pyrrole nitrogens is 1. The molecule has 1 saturated carbocycles. The van der Waals surface area contributed by atoms with E-state index < -0.39 is 5.60 Å². The number of aromatic nitrogens is 1. The van der Waals surface area contributed by atoms with E-state index in [9.17, 15) is 9.90 Å². The van der Waals surface area contributed by atoms with Crippen molar-refractivity contribution < 1.29 is 14.6 Å². The SMILES string of the molecule is Cc1cc(C(=O)NC2CCC(OCC(C)(C)O)CC2)c2[nH]ccc2c1. The van der Waals surface area contributed by atoms with Crippen molar-refractivity contribution in [1.29, 1.82) is 0 Å². The van der Waals surface area contributed by atoms with E-state index in [0.29, 0.717) is 12.2 Å². The zero-order valence-corrected chi connectivity index (χ0v) is 15.3. The summed E-state index contributed by atoms with van der Waals surface area (Å²) in [5.41, 5.74) is 1.89. The summed E-state index contributed by atoms with van der Waals surface area (Å²) in [6.45, 7) is 5.86. The molecule has 1 aromatic heterocycles. The number of ether oxygens (including phenoxy) is 1. The monoisotopic (exact) mass is 344 g/mol. The summed E-state index contributed by atoms with van der Waals surface area (Å²) in [5.74, 6) is -0.0167. The lowest BCUT2D eigenvalue weighted by molar-refractivity contribution is -0.0640. The van der Waals surface area contributed by atoms with E-state index in [1.807, 2.05) is 25.3 Å². The number of benzene rings is 1. The minimum Gasteiger partial charge on any atom is -0.388 e. The van der Waals surface area contributed by atoms with Gasteiger partial charge in [-0.2, -0.15) is 0 Å². The fraction of sp³-hybridized carbons (Fsp3) is 0.550. The van der Waals surface area contributed by atoms with Crippen molar-refractivity contribution in [1.82, 2.24) is 10.3 Å². The lowest BCUT2D eigenvalue weighted by Gasteiger charge is -2.31. The standard InChI is InChI=1S/C20H28N2O3/c1-13-10-14-8-9-21-18(14)17(11-13)19(23)22-15-4-6-16(7-5-15)25-12-20(2,3)24/h8-11,15-16,21,24H,4-7,12H2,1-3H3,(H,22,23). The molecule has 1 aromatic carbocycles. The second-order valence-corrected chi connectivity index (χ2v) is 7.82. The van der Waals surface area contributed by atoms with Gasteiger partial charge in [0.15, 0.2) is 0 Å². The Labute approximate surface area is 148 Å². The molecule has 1 amide bonds. The number of amides is 1. The molecule has 0 radical (unpaired) electrons. The fourth-order valence-corrected chi connectivity index (χ4v) is 3.46. The Balaban J connectivity index is 1.57.